The molecule has 0 amide bonds. The van der Waals surface area contributed by atoms with Gasteiger partial charge in [-0.2, -0.15) is 0 Å². The van der Waals surface area contributed by atoms with Gasteiger partial charge in [0.2, 0.25) is 0 Å². The Balaban J connectivity index is 1.45. The maximum Gasteiger partial charge on any atom is 0.159 e. The minimum atomic E-state index is -0.142. The maximum atomic E-state index is 6.91. The van der Waals surface area contributed by atoms with Gasteiger partial charge in [0, 0.05) is 32.7 Å². The molecule has 1 aliphatic carbocycles. The Hall–Kier alpha value is -5.28. The van der Waals surface area contributed by atoms with Gasteiger partial charge in [0.05, 0.1) is 22.4 Å². The van der Waals surface area contributed by atoms with E-state index >= 15 is 0 Å². The van der Waals surface area contributed by atoms with E-state index in [4.69, 9.17) is 8.83 Å². The van der Waals surface area contributed by atoms with Gasteiger partial charge >= 0.3 is 0 Å². The summed E-state index contributed by atoms with van der Waals surface area (Å²) in [4.78, 5) is 2.44. The molecule has 0 unspecified atom stereocenters. The van der Waals surface area contributed by atoms with E-state index in [0.29, 0.717) is 0 Å². The second-order valence-electron chi connectivity index (χ2n) is 16.6. The molecule has 0 saturated heterocycles. The summed E-state index contributed by atoms with van der Waals surface area (Å²) >= 11 is 0. The molecule has 0 bridgehead atoms. The van der Waals surface area contributed by atoms with Gasteiger partial charge in [-0.1, -0.05) is 134 Å². The lowest BCUT2D eigenvalue weighted by Crippen LogP contribution is -2.16. The molecule has 9 rings (SSSR count). The van der Waals surface area contributed by atoms with E-state index in [2.05, 4.69) is 169 Å². The molecule has 248 valence electrons. The number of hydrogen-bond donors (Lipinski definition) is 0. The topological polar surface area (TPSA) is 29.5 Å². The number of para-hydroxylation sites is 2. The molecule has 0 atom stereocenters. The Labute approximate surface area is 294 Å². The second-order valence-corrected chi connectivity index (χ2v) is 16.6. The summed E-state index contributed by atoms with van der Waals surface area (Å²) in [7, 11) is 0. The van der Waals surface area contributed by atoms with Crippen LogP contribution in [0.5, 0.6) is 0 Å². The largest absolute Gasteiger partial charge is 0.456 e. The van der Waals surface area contributed by atoms with Gasteiger partial charge in [0.25, 0.3) is 0 Å². The zero-order valence-corrected chi connectivity index (χ0v) is 30.2. The van der Waals surface area contributed by atoms with Gasteiger partial charge in [0.15, 0.2) is 5.58 Å². The van der Waals surface area contributed by atoms with Crippen LogP contribution in [0.2, 0.25) is 0 Å². The fourth-order valence-electron chi connectivity index (χ4n) is 8.31. The van der Waals surface area contributed by atoms with Gasteiger partial charge in [-0.3, -0.25) is 0 Å². The van der Waals surface area contributed by atoms with Crippen LogP contribution < -0.4 is 4.90 Å². The third-order valence-corrected chi connectivity index (χ3v) is 10.9. The van der Waals surface area contributed by atoms with Crippen LogP contribution in [0.1, 0.15) is 77.6 Å². The number of anilines is 3. The van der Waals surface area contributed by atoms with Crippen LogP contribution in [-0.2, 0) is 16.2 Å². The molecular weight excluding hydrogens is 611 g/mol. The average molecular weight is 654 g/mol. The maximum absolute atomic E-state index is 6.91. The second kappa shape index (κ2) is 10.4. The highest BCUT2D eigenvalue weighted by atomic mass is 16.3. The van der Waals surface area contributed by atoms with Crippen molar-refractivity contribution in [3.63, 3.8) is 0 Å². The van der Waals surface area contributed by atoms with Crippen molar-refractivity contribution in [2.45, 2.75) is 71.6 Å². The Morgan fingerprint density at radius 3 is 1.94 bits per heavy atom. The predicted molar refractivity (Wildman–Crippen MR) is 211 cm³/mol. The molecule has 3 heteroatoms. The molecule has 3 nitrogen and oxygen atoms in total. The number of hydrogen-bond acceptors (Lipinski definition) is 3. The van der Waals surface area contributed by atoms with Crippen LogP contribution in [0.4, 0.5) is 17.1 Å². The zero-order chi connectivity index (χ0) is 34.7. The molecule has 0 fully saturated rings. The highest BCUT2D eigenvalue weighted by molar-refractivity contribution is 6.17. The van der Waals surface area contributed by atoms with Gasteiger partial charge in [-0.25, -0.2) is 0 Å². The monoisotopic (exact) mass is 653 g/mol. The molecule has 0 spiro atoms. The molecule has 0 aliphatic heterocycles. The smallest absolute Gasteiger partial charge is 0.159 e. The van der Waals surface area contributed by atoms with Crippen molar-refractivity contribution in [1.82, 2.24) is 0 Å². The van der Waals surface area contributed by atoms with Gasteiger partial charge in [-0.15, -0.1) is 0 Å². The number of rotatable bonds is 3. The third kappa shape index (κ3) is 4.35. The first-order valence-electron chi connectivity index (χ1n) is 17.8. The van der Waals surface area contributed by atoms with Crippen LogP contribution >= 0.6 is 0 Å². The van der Waals surface area contributed by atoms with Crippen molar-refractivity contribution in [2.24, 2.45) is 0 Å². The molecule has 2 aromatic heterocycles. The summed E-state index contributed by atoms with van der Waals surface area (Å²) in [5.41, 5.74) is 14.2. The van der Waals surface area contributed by atoms with Gasteiger partial charge in [-0.05, 0) is 69.5 Å². The summed E-state index contributed by atoms with van der Waals surface area (Å²) in [6, 6.07) is 41.8. The van der Waals surface area contributed by atoms with Crippen LogP contribution in [0, 0.1) is 0 Å². The van der Waals surface area contributed by atoms with Gasteiger partial charge < -0.3 is 13.7 Å². The highest BCUT2D eigenvalue weighted by Gasteiger charge is 2.38. The van der Waals surface area contributed by atoms with E-state index in [9.17, 15) is 0 Å². The molecule has 2 heterocycles. The molecule has 50 heavy (non-hydrogen) atoms. The average Bonchev–Trinajstić information content (AvgIpc) is 3.73. The van der Waals surface area contributed by atoms with Crippen molar-refractivity contribution in [1.29, 1.82) is 0 Å². The summed E-state index contributed by atoms with van der Waals surface area (Å²) in [6.45, 7) is 18.4. The van der Waals surface area contributed by atoms with Crippen LogP contribution in [0.25, 0.3) is 55.0 Å². The molecule has 1 aliphatic rings. The fraction of sp³-hybridized carbons (Fsp3) is 0.234. The number of benzene rings is 6. The van der Waals surface area contributed by atoms with Crippen molar-refractivity contribution in [3.05, 3.63) is 138 Å². The third-order valence-electron chi connectivity index (χ3n) is 10.9. The first kappa shape index (κ1) is 30.8. The number of nitrogens with zero attached hydrogens (tertiary/aromatic N) is 1. The van der Waals surface area contributed by atoms with Crippen LogP contribution in [0.15, 0.2) is 124 Å². The molecular formula is C47H43NO2. The first-order chi connectivity index (χ1) is 23.8. The van der Waals surface area contributed by atoms with Gasteiger partial charge in [0.1, 0.15) is 16.7 Å². The van der Waals surface area contributed by atoms with Crippen LogP contribution in [0.3, 0.4) is 0 Å². The molecule has 0 N–H and O–H groups in total. The van der Waals surface area contributed by atoms with E-state index in [1.807, 2.05) is 6.07 Å². The van der Waals surface area contributed by atoms with E-state index in [-0.39, 0.29) is 16.2 Å². The standard InChI is InChI=1S/C47H43NO2/c1-45(2,3)28-26-32-42-37(22-15-25-40(42)50-43(32)35(27-28)46(4,5)6)48(38-23-13-18-30-29-16-10-12-24-39(29)49-44(30)38)36-21-14-20-34-41(36)31-17-9-11-19-33(31)47(34,7)8/h9-27H,1-8H3. The first-order valence-corrected chi connectivity index (χ1v) is 17.8. The van der Waals surface area contributed by atoms with E-state index in [1.165, 1.54) is 33.4 Å². The predicted octanol–water partition coefficient (Wildman–Crippen LogP) is 13.9. The lowest BCUT2D eigenvalue weighted by molar-refractivity contribution is 0.559. The Bertz CT molecular complexity index is 2650. The van der Waals surface area contributed by atoms with E-state index < -0.39 is 0 Å². The zero-order valence-electron chi connectivity index (χ0n) is 30.2. The van der Waals surface area contributed by atoms with Crippen molar-refractivity contribution >= 4 is 60.9 Å². The SMILES string of the molecule is CC(C)(C)c1cc(C(C)(C)C)c2oc3cccc(N(c4cccc5c4-c4ccccc4C5(C)C)c4cccc5c4oc4ccccc45)c3c2c1. The van der Waals surface area contributed by atoms with Crippen molar-refractivity contribution in [3.8, 4) is 11.1 Å². The highest BCUT2D eigenvalue weighted by Crippen LogP contribution is 2.56. The number of fused-ring (bicyclic) bond motifs is 9. The lowest BCUT2D eigenvalue weighted by Gasteiger charge is -2.29. The Morgan fingerprint density at radius 1 is 0.520 bits per heavy atom. The fourth-order valence-corrected chi connectivity index (χ4v) is 8.31. The number of furan rings is 2. The summed E-state index contributed by atoms with van der Waals surface area (Å²) in [5, 5.41) is 4.47. The minimum absolute atomic E-state index is 0.0399. The Morgan fingerprint density at radius 2 is 1.14 bits per heavy atom. The van der Waals surface area contributed by atoms with Crippen molar-refractivity contribution < 1.29 is 8.83 Å². The molecule has 8 aromatic rings. The van der Waals surface area contributed by atoms with Crippen molar-refractivity contribution in [2.75, 3.05) is 4.90 Å². The summed E-state index contributed by atoms with van der Waals surface area (Å²) in [6.07, 6.45) is 0. The van der Waals surface area contributed by atoms with Crippen LogP contribution in [-0.4, -0.2) is 0 Å². The normalized spacial score (nSPS) is 14.2. The molecule has 0 saturated carbocycles. The van der Waals surface area contributed by atoms with E-state index in [0.717, 1.165) is 60.9 Å². The molecule has 0 radical (unpaired) electrons. The van der Waals surface area contributed by atoms with E-state index in [1.54, 1.807) is 0 Å². The summed E-state index contributed by atoms with van der Waals surface area (Å²) < 4.78 is 13.7. The lowest BCUT2D eigenvalue weighted by atomic mass is 9.79. The minimum Gasteiger partial charge on any atom is -0.456 e. The molecule has 6 aromatic carbocycles. The quantitative estimate of drug-likeness (QED) is 0.190. The summed E-state index contributed by atoms with van der Waals surface area (Å²) in [5.74, 6) is 0. The Kier molecular flexibility index (Phi) is 6.38.